The summed E-state index contributed by atoms with van der Waals surface area (Å²) in [6, 6.07) is 0. The van der Waals surface area contributed by atoms with Crippen LogP contribution in [0.15, 0.2) is 12.4 Å². The van der Waals surface area contributed by atoms with Gasteiger partial charge in [-0.1, -0.05) is 0 Å². The van der Waals surface area contributed by atoms with Crippen molar-refractivity contribution in [2.45, 2.75) is 65.3 Å². The van der Waals surface area contributed by atoms with Crippen molar-refractivity contribution in [3.63, 3.8) is 0 Å². The van der Waals surface area contributed by atoms with Gasteiger partial charge in [0.2, 0.25) is 0 Å². The molecule has 0 radical (unpaired) electrons. The summed E-state index contributed by atoms with van der Waals surface area (Å²) in [6.07, 6.45) is 3.48. The molecular formula is C15H24BNO3. The Labute approximate surface area is 121 Å². The van der Waals surface area contributed by atoms with E-state index in [-0.39, 0.29) is 0 Å². The van der Waals surface area contributed by atoms with Crippen molar-refractivity contribution in [3.05, 3.63) is 23.5 Å². The Morgan fingerprint density at radius 3 is 2.05 bits per heavy atom. The van der Waals surface area contributed by atoms with Crippen molar-refractivity contribution < 1.29 is 14.4 Å². The molecule has 1 N–H and O–H groups in total. The van der Waals surface area contributed by atoms with Gasteiger partial charge in [-0.15, -0.1) is 0 Å². The second-order valence-electron chi connectivity index (χ2n) is 7.07. The quantitative estimate of drug-likeness (QED) is 0.839. The van der Waals surface area contributed by atoms with Gasteiger partial charge < -0.3 is 14.4 Å². The Kier molecular flexibility index (Phi) is 3.52. The fourth-order valence-corrected chi connectivity index (χ4v) is 2.57. The van der Waals surface area contributed by atoms with Gasteiger partial charge in [0, 0.05) is 17.9 Å². The van der Waals surface area contributed by atoms with Crippen molar-refractivity contribution in [2.75, 3.05) is 0 Å². The van der Waals surface area contributed by atoms with Gasteiger partial charge in [-0.2, -0.15) is 0 Å². The molecule has 1 fully saturated rings. The summed E-state index contributed by atoms with van der Waals surface area (Å²) in [4.78, 5) is 4.23. The van der Waals surface area contributed by atoms with Crippen LogP contribution in [0.4, 0.5) is 0 Å². The van der Waals surface area contributed by atoms with Crippen LogP contribution in [-0.4, -0.2) is 28.4 Å². The molecule has 0 aromatic carbocycles. The molecule has 0 bridgehead atoms. The van der Waals surface area contributed by atoms with E-state index in [4.69, 9.17) is 9.31 Å². The lowest BCUT2D eigenvalue weighted by Crippen LogP contribution is -2.41. The molecule has 1 aromatic heterocycles. The van der Waals surface area contributed by atoms with Crippen molar-refractivity contribution >= 4 is 12.6 Å². The van der Waals surface area contributed by atoms with Gasteiger partial charge in [-0.05, 0) is 59.6 Å². The summed E-state index contributed by atoms with van der Waals surface area (Å²) < 4.78 is 12.1. The predicted molar refractivity (Wildman–Crippen MR) is 79.9 cm³/mol. The first-order valence-electron chi connectivity index (χ1n) is 6.99. The van der Waals surface area contributed by atoms with Gasteiger partial charge in [0.25, 0.3) is 0 Å². The van der Waals surface area contributed by atoms with E-state index in [1.807, 2.05) is 34.6 Å². The van der Waals surface area contributed by atoms with E-state index in [1.54, 1.807) is 26.2 Å². The van der Waals surface area contributed by atoms with Gasteiger partial charge in [0.1, 0.15) is 0 Å². The number of rotatable bonds is 2. The van der Waals surface area contributed by atoms with E-state index < -0.39 is 23.9 Å². The van der Waals surface area contributed by atoms with E-state index >= 15 is 0 Å². The third kappa shape index (κ3) is 2.50. The second kappa shape index (κ2) is 4.55. The zero-order valence-corrected chi connectivity index (χ0v) is 13.4. The monoisotopic (exact) mass is 277 g/mol. The third-order valence-electron chi connectivity index (χ3n) is 4.28. The molecule has 0 atom stereocenters. The first-order valence-corrected chi connectivity index (χ1v) is 6.99. The molecule has 2 heterocycles. The molecule has 20 heavy (non-hydrogen) atoms. The van der Waals surface area contributed by atoms with Crippen LogP contribution < -0.4 is 5.46 Å². The number of hydrogen-bond donors (Lipinski definition) is 1. The standard InChI is InChI=1S/C15H24BNO3/c1-10-8-17-9-11(12(10)13(2,3)18)16-19-14(4,5)15(6,7)20-16/h8-9,18H,1-7H3. The van der Waals surface area contributed by atoms with Crippen LogP contribution in [0.25, 0.3) is 0 Å². The minimum Gasteiger partial charge on any atom is -0.399 e. The average Bonchev–Trinajstić information content (AvgIpc) is 2.46. The molecule has 4 nitrogen and oxygen atoms in total. The molecule has 0 aliphatic carbocycles. The molecule has 5 heteroatoms. The smallest absolute Gasteiger partial charge is 0.399 e. The van der Waals surface area contributed by atoms with Gasteiger partial charge in [-0.25, -0.2) is 0 Å². The van der Waals surface area contributed by atoms with Crippen molar-refractivity contribution in [2.24, 2.45) is 0 Å². The molecule has 1 saturated heterocycles. The Balaban J connectivity index is 2.49. The highest BCUT2D eigenvalue weighted by atomic mass is 16.7. The summed E-state index contributed by atoms with van der Waals surface area (Å²) in [5, 5.41) is 10.4. The van der Waals surface area contributed by atoms with Gasteiger partial charge in [0.15, 0.2) is 0 Å². The van der Waals surface area contributed by atoms with E-state index in [9.17, 15) is 5.11 Å². The molecule has 1 aromatic rings. The maximum atomic E-state index is 10.4. The first-order chi connectivity index (χ1) is 8.96. The predicted octanol–water partition coefficient (Wildman–Crippen LogP) is 1.92. The van der Waals surface area contributed by atoms with Crippen LogP contribution in [0.2, 0.25) is 0 Å². The van der Waals surface area contributed by atoms with Gasteiger partial charge in [0.05, 0.1) is 16.8 Å². The molecule has 1 aliphatic rings. The SMILES string of the molecule is Cc1cncc(B2OC(C)(C)C(C)(C)O2)c1C(C)(C)O. The minimum absolute atomic E-state index is 0.404. The first kappa shape index (κ1) is 15.5. The lowest BCUT2D eigenvalue weighted by atomic mass is 9.72. The third-order valence-corrected chi connectivity index (χ3v) is 4.28. The summed E-state index contributed by atoms with van der Waals surface area (Å²) in [7, 11) is -0.506. The summed E-state index contributed by atoms with van der Waals surface area (Å²) in [5.74, 6) is 0. The summed E-state index contributed by atoms with van der Waals surface area (Å²) in [5.41, 5.74) is 0.787. The number of aryl methyl sites for hydroxylation is 1. The molecule has 110 valence electrons. The summed E-state index contributed by atoms with van der Waals surface area (Å²) >= 11 is 0. The maximum absolute atomic E-state index is 10.4. The van der Waals surface area contributed by atoms with E-state index in [2.05, 4.69) is 4.98 Å². The Hall–Kier alpha value is -0.905. The van der Waals surface area contributed by atoms with Gasteiger partial charge >= 0.3 is 7.12 Å². The van der Waals surface area contributed by atoms with Crippen LogP contribution in [0.3, 0.4) is 0 Å². The Morgan fingerprint density at radius 1 is 1.10 bits per heavy atom. The van der Waals surface area contributed by atoms with Crippen molar-refractivity contribution in [1.29, 1.82) is 0 Å². The number of aliphatic hydroxyl groups is 1. The highest BCUT2D eigenvalue weighted by Gasteiger charge is 2.52. The lowest BCUT2D eigenvalue weighted by molar-refractivity contribution is 0.00578. The van der Waals surface area contributed by atoms with Crippen LogP contribution >= 0.6 is 0 Å². The zero-order chi connectivity index (χ0) is 15.3. The van der Waals surface area contributed by atoms with Crippen molar-refractivity contribution in [1.82, 2.24) is 4.98 Å². The largest absolute Gasteiger partial charge is 0.496 e. The topological polar surface area (TPSA) is 51.6 Å². The fourth-order valence-electron chi connectivity index (χ4n) is 2.57. The van der Waals surface area contributed by atoms with Crippen LogP contribution in [0.1, 0.15) is 52.7 Å². The molecule has 0 saturated carbocycles. The highest BCUT2D eigenvalue weighted by Crippen LogP contribution is 2.37. The fraction of sp³-hybridized carbons (Fsp3) is 0.667. The zero-order valence-electron chi connectivity index (χ0n) is 13.4. The average molecular weight is 277 g/mol. The van der Waals surface area contributed by atoms with E-state index in [1.165, 1.54) is 0 Å². The molecular weight excluding hydrogens is 253 g/mol. The van der Waals surface area contributed by atoms with Crippen LogP contribution in [-0.2, 0) is 14.9 Å². The van der Waals surface area contributed by atoms with Crippen LogP contribution in [0, 0.1) is 6.92 Å². The molecule has 0 unspecified atom stereocenters. The summed E-state index contributed by atoms with van der Waals surface area (Å²) in [6.45, 7) is 13.5. The van der Waals surface area contributed by atoms with Crippen LogP contribution in [0.5, 0.6) is 0 Å². The minimum atomic E-state index is -0.966. The number of aromatic nitrogens is 1. The molecule has 0 amide bonds. The van der Waals surface area contributed by atoms with E-state index in [0.717, 1.165) is 16.6 Å². The number of hydrogen-bond acceptors (Lipinski definition) is 4. The molecule has 0 spiro atoms. The number of nitrogens with zero attached hydrogens (tertiary/aromatic N) is 1. The maximum Gasteiger partial charge on any atom is 0.496 e. The molecule has 2 rings (SSSR count). The number of pyridine rings is 1. The highest BCUT2D eigenvalue weighted by molar-refractivity contribution is 6.62. The van der Waals surface area contributed by atoms with E-state index in [0.29, 0.717) is 0 Å². The Bertz CT molecular complexity index is 504. The van der Waals surface area contributed by atoms with Crippen molar-refractivity contribution in [3.8, 4) is 0 Å². The second-order valence-corrected chi connectivity index (χ2v) is 7.07. The normalized spacial score (nSPS) is 21.3. The van der Waals surface area contributed by atoms with Gasteiger partial charge in [-0.3, -0.25) is 4.98 Å². The Morgan fingerprint density at radius 2 is 1.60 bits per heavy atom. The molecule has 1 aliphatic heterocycles. The lowest BCUT2D eigenvalue weighted by Gasteiger charge is -2.32.